The van der Waals surface area contributed by atoms with Gasteiger partial charge in [-0.2, -0.15) is 26.3 Å². The number of likely N-dealkylation sites (tertiary alicyclic amines) is 1. The van der Waals surface area contributed by atoms with Gasteiger partial charge < -0.3 is 10.6 Å². The average Bonchev–Trinajstić information content (AvgIpc) is 3.16. The molecule has 3 aromatic rings. The van der Waals surface area contributed by atoms with Gasteiger partial charge in [-0.15, -0.1) is 0 Å². The van der Waals surface area contributed by atoms with Crippen molar-refractivity contribution in [1.82, 2.24) is 25.2 Å². The molecular weight excluding hydrogens is 522 g/mol. The number of hydrogen-bond acceptors (Lipinski definition) is 6. The van der Waals surface area contributed by atoms with Gasteiger partial charge in [0.1, 0.15) is 17.7 Å². The molecule has 2 N–H and O–H groups in total. The molecular formula is C27H26F6N6. The average molecular weight is 549 g/mol. The van der Waals surface area contributed by atoms with E-state index in [0.717, 1.165) is 50.9 Å². The third kappa shape index (κ3) is 6.32. The zero-order chi connectivity index (χ0) is 27.6. The predicted molar refractivity (Wildman–Crippen MR) is 135 cm³/mol. The Bertz CT molecular complexity index is 1390. The summed E-state index contributed by atoms with van der Waals surface area (Å²) in [6.07, 6.45) is 0.198. The molecule has 1 aromatic carbocycles. The van der Waals surface area contributed by atoms with E-state index in [2.05, 4.69) is 30.5 Å². The normalized spacial score (nSPS) is 18.9. The number of rotatable bonds is 5. The molecule has 206 valence electrons. The Balaban J connectivity index is 1.53. The molecule has 1 fully saturated rings. The van der Waals surface area contributed by atoms with Crippen LogP contribution in [0.1, 0.15) is 37.1 Å². The summed E-state index contributed by atoms with van der Waals surface area (Å²) in [6, 6.07) is 5.05. The van der Waals surface area contributed by atoms with Crippen LogP contribution < -0.4 is 10.6 Å². The highest BCUT2D eigenvalue weighted by Crippen LogP contribution is 2.37. The summed E-state index contributed by atoms with van der Waals surface area (Å²) < 4.78 is 80.1. The minimum atomic E-state index is -4.59. The lowest BCUT2D eigenvalue weighted by Crippen LogP contribution is -2.39. The molecule has 1 atom stereocenters. The second-order valence-electron chi connectivity index (χ2n) is 9.58. The van der Waals surface area contributed by atoms with E-state index < -0.39 is 24.0 Å². The van der Waals surface area contributed by atoms with E-state index in [4.69, 9.17) is 0 Å². The number of nitrogens with one attached hydrogen (secondary N) is 2. The first-order valence-corrected chi connectivity index (χ1v) is 12.6. The largest absolute Gasteiger partial charge is 0.418 e. The fourth-order valence-corrected chi connectivity index (χ4v) is 4.75. The quantitative estimate of drug-likeness (QED) is 0.359. The predicted octanol–water partition coefficient (Wildman–Crippen LogP) is 6.43. The van der Waals surface area contributed by atoms with Crippen LogP contribution in [0.25, 0.3) is 22.2 Å². The van der Waals surface area contributed by atoms with Crippen LogP contribution >= 0.6 is 0 Å². The van der Waals surface area contributed by atoms with Gasteiger partial charge in [0.05, 0.1) is 29.0 Å². The summed E-state index contributed by atoms with van der Waals surface area (Å²) in [4.78, 5) is 15.6. The van der Waals surface area contributed by atoms with Crippen LogP contribution in [0, 0.1) is 0 Å². The van der Waals surface area contributed by atoms with Crippen molar-refractivity contribution >= 4 is 16.7 Å². The standard InChI is InChI=1S/C27H26F6N6/c28-26(29,30)20-6-5-11-34-24(20)17-7-9-19-21(14-17)37-23(16-39-12-3-1-2-4-13-39)38-25(19)36-18-8-10-22(35-15-18)27(31,32)33/h5-11,14-15,22,35H,1-4,12-13,16H2,(H,36,37,38). The third-order valence-corrected chi connectivity index (χ3v) is 6.70. The molecule has 0 spiro atoms. The van der Waals surface area contributed by atoms with E-state index in [1.165, 1.54) is 36.7 Å². The maximum Gasteiger partial charge on any atom is 0.418 e. The van der Waals surface area contributed by atoms with Gasteiger partial charge in [0.15, 0.2) is 0 Å². The van der Waals surface area contributed by atoms with E-state index >= 15 is 0 Å². The summed E-state index contributed by atoms with van der Waals surface area (Å²) in [5.74, 6) is 0.805. The monoisotopic (exact) mass is 548 g/mol. The molecule has 2 aromatic heterocycles. The summed E-state index contributed by atoms with van der Waals surface area (Å²) >= 11 is 0. The van der Waals surface area contributed by atoms with E-state index in [9.17, 15) is 26.3 Å². The van der Waals surface area contributed by atoms with Crippen molar-refractivity contribution in [2.75, 3.05) is 18.4 Å². The Labute approximate surface area is 220 Å². The first kappa shape index (κ1) is 26.9. The molecule has 4 heterocycles. The summed E-state index contributed by atoms with van der Waals surface area (Å²) in [6.45, 7) is 2.20. The van der Waals surface area contributed by atoms with Crippen molar-refractivity contribution in [1.29, 1.82) is 0 Å². The van der Waals surface area contributed by atoms with Crippen LogP contribution in [0.2, 0.25) is 0 Å². The van der Waals surface area contributed by atoms with Crippen molar-refractivity contribution in [2.45, 2.75) is 50.6 Å². The summed E-state index contributed by atoms with van der Waals surface area (Å²) in [5.41, 5.74) is -0.0782. The van der Waals surface area contributed by atoms with E-state index in [0.29, 0.717) is 34.8 Å². The molecule has 2 aliphatic rings. The number of benzene rings is 1. The molecule has 6 nitrogen and oxygen atoms in total. The van der Waals surface area contributed by atoms with Gasteiger partial charge in [0.2, 0.25) is 0 Å². The SMILES string of the molecule is FC(F)(F)c1cccnc1-c1ccc2c(NC3=CNC(C(F)(F)F)C=C3)nc(CN3CCCCCC3)nc2c1. The topological polar surface area (TPSA) is 66.0 Å². The fourth-order valence-electron chi connectivity index (χ4n) is 4.75. The van der Waals surface area contributed by atoms with Crippen LogP contribution in [0.15, 0.2) is 60.6 Å². The molecule has 12 heteroatoms. The number of dihydropyridines is 1. The minimum absolute atomic E-state index is 0.214. The molecule has 2 aliphatic heterocycles. The first-order chi connectivity index (χ1) is 18.6. The van der Waals surface area contributed by atoms with Crippen molar-refractivity contribution in [2.24, 2.45) is 0 Å². The van der Waals surface area contributed by atoms with Gasteiger partial charge in [-0.1, -0.05) is 25.0 Å². The zero-order valence-corrected chi connectivity index (χ0v) is 20.8. The number of halogens is 6. The van der Waals surface area contributed by atoms with Crippen molar-refractivity contribution < 1.29 is 26.3 Å². The van der Waals surface area contributed by atoms with Gasteiger partial charge in [-0.05, 0) is 56.3 Å². The molecule has 39 heavy (non-hydrogen) atoms. The lowest BCUT2D eigenvalue weighted by molar-refractivity contribution is -0.142. The highest BCUT2D eigenvalue weighted by molar-refractivity contribution is 5.92. The molecule has 5 rings (SSSR count). The number of alkyl halides is 6. The summed E-state index contributed by atoms with van der Waals surface area (Å²) in [5, 5.41) is 5.88. The second kappa shape index (κ2) is 10.8. The van der Waals surface area contributed by atoms with Crippen molar-refractivity contribution in [3.63, 3.8) is 0 Å². The number of hydrogen-bond donors (Lipinski definition) is 2. The van der Waals surface area contributed by atoms with Gasteiger partial charge in [0.25, 0.3) is 0 Å². The molecule has 1 saturated heterocycles. The van der Waals surface area contributed by atoms with E-state index in [-0.39, 0.29) is 11.3 Å². The molecule has 0 saturated carbocycles. The van der Waals surface area contributed by atoms with Crippen LogP contribution in [-0.2, 0) is 12.7 Å². The lowest BCUT2D eigenvalue weighted by atomic mass is 10.0. The number of nitrogens with zero attached hydrogens (tertiary/aromatic N) is 4. The lowest BCUT2D eigenvalue weighted by Gasteiger charge is -2.22. The number of pyridine rings is 1. The van der Waals surface area contributed by atoms with Crippen LogP contribution in [0.5, 0.6) is 0 Å². The van der Waals surface area contributed by atoms with Gasteiger partial charge in [-0.25, -0.2) is 9.97 Å². The Morgan fingerprint density at radius 1 is 0.974 bits per heavy atom. The van der Waals surface area contributed by atoms with Crippen LogP contribution in [0.4, 0.5) is 32.2 Å². The highest BCUT2D eigenvalue weighted by Gasteiger charge is 2.38. The number of fused-ring (bicyclic) bond motifs is 1. The van der Waals surface area contributed by atoms with Crippen molar-refractivity contribution in [3.05, 3.63) is 72.0 Å². The second-order valence-corrected chi connectivity index (χ2v) is 9.58. The zero-order valence-electron chi connectivity index (χ0n) is 20.8. The highest BCUT2D eigenvalue weighted by atomic mass is 19.4. The Kier molecular flexibility index (Phi) is 7.48. The molecule has 0 amide bonds. The maximum atomic E-state index is 13.7. The maximum absolute atomic E-state index is 13.7. The van der Waals surface area contributed by atoms with Gasteiger partial charge >= 0.3 is 12.4 Å². The van der Waals surface area contributed by atoms with E-state index in [1.54, 1.807) is 6.07 Å². The molecule has 0 bridgehead atoms. The number of anilines is 1. The molecule has 1 unspecified atom stereocenters. The Morgan fingerprint density at radius 2 is 1.74 bits per heavy atom. The number of aromatic nitrogens is 3. The molecule has 0 aliphatic carbocycles. The Morgan fingerprint density at radius 3 is 2.41 bits per heavy atom. The number of allylic oxidation sites excluding steroid dienone is 1. The summed E-state index contributed by atoms with van der Waals surface area (Å²) in [7, 11) is 0. The van der Waals surface area contributed by atoms with Crippen LogP contribution in [-0.4, -0.2) is 45.2 Å². The smallest absolute Gasteiger partial charge is 0.375 e. The van der Waals surface area contributed by atoms with Gasteiger partial charge in [-0.3, -0.25) is 9.88 Å². The fraction of sp³-hybridized carbons (Fsp3) is 0.370. The van der Waals surface area contributed by atoms with Crippen molar-refractivity contribution in [3.8, 4) is 11.3 Å². The van der Waals surface area contributed by atoms with E-state index in [1.807, 2.05) is 0 Å². The Hall–Kier alpha value is -3.67. The third-order valence-electron chi connectivity index (χ3n) is 6.70. The molecule has 0 radical (unpaired) electrons. The van der Waals surface area contributed by atoms with Gasteiger partial charge in [0, 0.05) is 23.3 Å². The van der Waals surface area contributed by atoms with Crippen LogP contribution in [0.3, 0.4) is 0 Å². The minimum Gasteiger partial charge on any atom is -0.375 e. The first-order valence-electron chi connectivity index (χ1n) is 12.6.